The average Bonchev–Trinajstić information content (AvgIpc) is 2.59. The number of nitrogens with two attached hydrogens (primary N) is 1. The zero-order valence-corrected chi connectivity index (χ0v) is 16.5. The van der Waals surface area contributed by atoms with Gasteiger partial charge in [-0.3, -0.25) is 4.79 Å². The zero-order valence-electron chi connectivity index (χ0n) is 15.8. The largest absolute Gasteiger partial charge is 0.420 e. The second kappa shape index (κ2) is 18.3. The summed E-state index contributed by atoms with van der Waals surface area (Å²) in [5.41, 5.74) is 4.86. The lowest BCUT2D eigenvalue weighted by molar-refractivity contribution is -0.122. The summed E-state index contributed by atoms with van der Waals surface area (Å²) in [4.78, 5) is 22.1. The second-order valence-corrected chi connectivity index (χ2v) is 6.17. The number of primary amides is 1. The van der Waals surface area contributed by atoms with Crippen LogP contribution in [-0.4, -0.2) is 37.3 Å². The quantitative estimate of drug-likeness (QED) is 0.181. The third kappa shape index (κ3) is 18.8. The third-order valence-corrected chi connectivity index (χ3v) is 3.71. The van der Waals surface area contributed by atoms with Gasteiger partial charge >= 0.3 is 6.09 Å². The van der Waals surface area contributed by atoms with Crippen LogP contribution < -0.4 is 11.1 Å². The Bertz CT molecular complexity index is 428. The van der Waals surface area contributed by atoms with Gasteiger partial charge in [0, 0.05) is 18.8 Å². The van der Waals surface area contributed by atoms with Crippen molar-refractivity contribution in [1.29, 1.82) is 0 Å². The molecule has 150 valence electrons. The first-order chi connectivity index (χ1) is 12.6. The van der Waals surface area contributed by atoms with Gasteiger partial charge in [0.1, 0.15) is 0 Å². The molecule has 0 rings (SSSR count). The number of halogens is 1. The predicted octanol–water partition coefficient (Wildman–Crippen LogP) is 4.03. The number of unbranched alkanes of at least 4 members (excludes halogenated alkanes) is 5. The van der Waals surface area contributed by atoms with Crippen molar-refractivity contribution < 1.29 is 19.1 Å². The van der Waals surface area contributed by atoms with Crippen LogP contribution in [0, 0.1) is 0 Å². The molecule has 6 nitrogen and oxygen atoms in total. The topological polar surface area (TPSA) is 90.7 Å². The standard InChI is InChI=1S/C19H33ClN2O4/c1-17(26-19(21)24)25-16-15-22-18(23)13-11-9-7-5-3-2-4-6-8-10-12-14-20/h4,6,10,12,17H,2-3,5,7-9,11,13-16H2,1H3,(H2,21,24)(H,22,23). The number of hydrogen-bond donors (Lipinski definition) is 2. The van der Waals surface area contributed by atoms with Gasteiger partial charge in [-0.2, -0.15) is 0 Å². The fraction of sp³-hybridized carbons (Fsp3) is 0.684. The normalized spacial score (nSPS) is 12.5. The number of allylic oxidation sites excluding steroid dienone is 4. The lowest BCUT2D eigenvalue weighted by atomic mass is 10.1. The van der Waals surface area contributed by atoms with Crippen molar-refractivity contribution in [2.24, 2.45) is 5.73 Å². The molecule has 0 aliphatic heterocycles. The molecule has 26 heavy (non-hydrogen) atoms. The van der Waals surface area contributed by atoms with Crippen LogP contribution in [0.5, 0.6) is 0 Å². The van der Waals surface area contributed by atoms with Crippen molar-refractivity contribution in [2.75, 3.05) is 19.0 Å². The summed E-state index contributed by atoms with van der Waals surface area (Å²) in [5.74, 6) is 0.593. The minimum atomic E-state index is -0.878. The van der Waals surface area contributed by atoms with E-state index in [1.807, 2.05) is 6.08 Å². The molecule has 7 heteroatoms. The molecule has 0 saturated carbocycles. The summed E-state index contributed by atoms with van der Waals surface area (Å²) in [6.45, 7) is 2.23. The summed E-state index contributed by atoms with van der Waals surface area (Å²) in [6.07, 6.45) is 14.9. The van der Waals surface area contributed by atoms with Crippen LogP contribution in [0.3, 0.4) is 0 Å². The highest BCUT2D eigenvalue weighted by atomic mass is 35.5. The van der Waals surface area contributed by atoms with E-state index in [1.165, 1.54) is 12.8 Å². The molecule has 0 aliphatic carbocycles. The lowest BCUT2D eigenvalue weighted by Crippen LogP contribution is -2.30. The van der Waals surface area contributed by atoms with E-state index in [0.717, 1.165) is 32.1 Å². The fourth-order valence-corrected chi connectivity index (χ4v) is 2.36. The van der Waals surface area contributed by atoms with E-state index < -0.39 is 12.4 Å². The van der Waals surface area contributed by atoms with E-state index in [2.05, 4.69) is 28.3 Å². The molecule has 0 aliphatic rings. The molecular weight excluding hydrogens is 356 g/mol. The molecule has 0 fully saturated rings. The van der Waals surface area contributed by atoms with Gasteiger partial charge in [0.15, 0.2) is 0 Å². The SMILES string of the molecule is CC(OCCNC(=O)CCCCCCCC=CCC=CCCl)OC(N)=O. The number of amides is 2. The maximum atomic E-state index is 11.7. The summed E-state index contributed by atoms with van der Waals surface area (Å²) in [7, 11) is 0. The molecule has 3 N–H and O–H groups in total. The first-order valence-corrected chi connectivity index (χ1v) is 9.80. The van der Waals surface area contributed by atoms with Gasteiger partial charge in [-0.15, -0.1) is 11.6 Å². The van der Waals surface area contributed by atoms with Gasteiger partial charge in [-0.25, -0.2) is 4.79 Å². The Labute approximate surface area is 162 Å². The molecule has 0 spiro atoms. The number of nitrogens with one attached hydrogen (secondary N) is 1. The smallest absolute Gasteiger partial charge is 0.406 e. The number of carbonyl (C=O) groups excluding carboxylic acids is 2. The summed E-state index contributed by atoms with van der Waals surface area (Å²) < 4.78 is 9.77. The van der Waals surface area contributed by atoms with Crippen molar-refractivity contribution in [3.63, 3.8) is 0 Å². The minimum absolute atomic E-state index is 0.0185. The highest BCUT2D eigenvalue weighted by Gasteiger charge is 2.06. The summed E-state index contributed by atoms with van der Waals surface area (Å²) >= 11 is 5.54. The third-order valence-electron chi connectivity index (χ3n) is 3.53. The van der Waals surface area contributed by atoms with Gasteiger partial charge in [0.05, 0.1) is 6.61 Å². The van der Waals surface area contributed by atoms with Crippen molar-refractivity contribution in [3.8, 4) is 0 Å². The Kier molecular flexibility index (Phi) is 17.2. The van der Waals surface area contributed by atoms with Gasteiger partial charge in [-0.05, 0) is 32.6 Å². The van der Waals surface area contributed by atoms with Crippen LogP contribution in [0.1, 0.15) is 58.3 Å². The monoisotopic (exact) mass is 388 g/mol. The average molecular weight is 389 g/mol. The number of ether oxygens (including phenoxy) is 2. The Morgan fingerprint density at radius 2 is 1.77 bits per heavy atom. The lowest BCUT2D eigenvalue weighted by Gasteiger charge is -2.12. The van der Waals surface area contributed by atoms with Crippen LogP contribution in [0.15, 0.2) is 24.3 Å². The number of alkyl halides is 1. The molecule has 0 radical (unpaired) electrons. The van der Waals surface area contributed by atoms with E-state index in [-0.39, 0.29) is 12.5 Å². The number of hydrogen-bond acceptors (Lipinski definition) is 4. The van der Waals surface area contributed by atoms with Crippen LogP contribution in [-0.2, 0) is 14.3 Å². The molecule has 0 aromatic heterocycles. The zero-order chi connectivity index (χ0) is 19.5. The van der Waals surface area contributed by atoms with Gasteiger partial charge in [0.25, 0.3) is 0 Å². The van der Waals surface area contributed by atoms with Crippen molar-refractivity contribution in [3.05, 3.63) is 24.3 Å². The van der Waals surface area contributed by atoms with E-state index in [1.54, 1.807) is 6.92 Å². The van der Waals surface area contributed by atoms with Crippen molar-refractivity contribution >= 4 is 23.6 Å². The van der Waals surface area contributed by atoms with E-state index in [9.17, 15) is 9.59 Å². The van der Waals surface area contributed by atoms with Crippen molar-refractivity contribution in [1.82, 2.24) is 5.32 Å². The fourth-order valence-electron chi connectivity index (χ4n) is 2.23. The van der Waals surface area contributed by atoms with Gasteiger partial charge < -0.3 is 20.5 Å². The summed E-state index contributed by atoms with van der Waals surface area (Å²) in [6, 6.07) is 0. The summed E-state index contributed by atoms with van der Waals surface area (Å²) in [5, 5.41) is 2.77. The Hall–Kier alpha value is -1.53. The van der Waals surface area contributed by atoms with Crippen LogP contribution in [0.2, 0.25) is 0 Å². The van der Waals surface area contributed by atoms with Crippen LogP contribution in [0.4, 0.5) is 4.79 Å². The molecule has 0 aromatic carbocycles. The first kappa shape index (κ1) is 24.5. The first-order valence-electron chi connectivity index (χ1n) is 9.26. The Morgan fingerprint density at radius 3 is 2.50 bits per heavy atom. The molecule has 0 aromatic rings. The number of rotatable bonds is 16. The molecule has 2 amide bonds. The molecule has 1 atom stereocenters. The van der Waals surface area contributed by atoms with E-state index >= 15 is 0 Å². The Morgan fingerprint density at radius 1 is 1.08 bits per heavy atom. The maximum absolute atomic E-state index is 11.7. The van der Waals surface area contributed by atoms with Gasteiger partial charge in [-0.1, -0.05) is 43.6 Å². The number of carbonyl (C=O) groups is 2. The highest BCUT2D eigenvalue weighted by Crippen LogP contribution is 2.08. The molecular formula is C19H33ClN2O4. The van der Waals surface area contributed by atoms with Crippen LogP contribution in [0.25, 0.3) is 0 Å². The predicted molar refractivity (Wildman–Crippen MR) is 105 cm³/mol. The maximum Gasteiger partial charge on any atom is 0.406 e. The molecule has 0 saturated heterocycles. The second-order valence-electron chi connectivity index (χ2n) is 5.86. The van der Waals surface area contributed by atoms with Crippen molar-refractivity contribution in [2.45, 2.75) is 64.6 Å². The van der Waals surface area contributed by atoms with E-state index in [0.29, 0.717) is 18.8 Å². The Balaban J connectivity index is 3.36. The minimum Gasteiger partial charge on any atom is -0.420 e. The van der Waals surface area contributed by atoms with Crippen LogP contribution >= 0.6 is 11.6 Å². The molecule has 0 bridgehead atoms. The highest BCUT2D eigenvalue weighted by molar-refractivity contribution is 6.18. The molecule has 0 heterocycles. The van der Waals surface area contributed by atoms with E-state index in [4.69, 9.17) is 22.1 Å². The van der Waals surface area contributed by atoms with Gasteiger partial charge in [0.2, 0.25) is 12.2 Å². The molecule has 1 unspecified atom stereocenters.